The van der Waals surface area contributed by atoms with E-state index in [0.29, 0.717) is 24.2 Å². The van der Waals surface area contributed by atoms with Crippen LogP contribution in [0, 0.1) is 0 Å². The molecule has 0 spiro atoms. The minimum absolute atomic E-state index is 0.0571. The zero-order valence-corrected chi connectivity index (χ0v) is 14.6. The molecular weight excluding hydrogens is 324 g/mol. The second-order valence-corrected chi connectivity index (χ2v) is 6.32. The standard InChI is InChI=1S/C18H24N2O5/c1-3-5-15(17(21)19-11-12-6-4-8-23-12)25-18(22)14-10-16-13(20(14)2)7-9-24-16/h7,9-10,12,15H,3-6,8,11H2,1-2H3,(H,19,21). The Kier molecular flexibility index (Phi) is 5.43. The van der Waals surface area contributed by atoms with Crippen LogP contribution in [0.1, 0.15) is 43.1 Å². The summed E-state index contributed by atoms with van der Waals surface area (Å²) in [5.41, 5.74) is 1.79. The molecular formula is C18H24N2O5. The Hall–Kier alpha value is -2.28. The van der Waals surface area contributed by atoms with Crippen molar-refractivity contribution in [2.75, 3.05) is 13.2 Å². The van der Waals surface area contributed by atoms with E-state index in [1.54, 1.807) is 30.0 Å². The molecule has 0 saturated carbocycles. The van der Waals surface area contributed by atoms with Crippen LogP contribution in [0.5, 0.6) is 0 Å². The van der Waals surface area contributed by atoms with Crippen molar-refractivity contribution < 1.29 is 23.5 Å². The van der Waals surface area contributed by atoms with Gasteiger partial charge in [-0.25, -0.2) is 4.79 Å². The average Bonchev–Trinajstić information content (AvgIpc) is 3.31. The van der Waals surface area contributed by atoms with Crippen LogP contribution in [-0.4, -0.2) is 41.8 Å². The highest BCUT2D eigenvalue weighted by molar-refractivity contribution is 5.95. The van der Waals surface area contributed by atoms with Crippen LogP contribution in [0.4, 0.5) is 0 Å². The molecule has 7 nitrogen and oxygen atoms in total. The zero-order valence-electron chi connectivity index (χ0n) is 14.6. The number of ether oxygens (including phenoxy) is 2. The SMILES string of the molecule is CCCC(OC(=O)c1cc2occc2n1C)C(=O)NCC1CCCO1. The van der Waals surface area contributed by atoms with Crippen LogP contribution in [-0.2, 0) is 21.3 Å². The molecule has 0 bridgehead atoms. The Bertz CT molecular complexity index is 742. The van der Waals surface area contributed by atoms with Gasteiger partial charge in [0.15, 0.2) is 11.7 Å². The van der Waals surface area contributed by atoms with Crippen LogP contribution in [0.3, 0.4) is 0 Å². The number of nitrogens with zero attached hydrogens (tertiary/aromatic N) is 1. The average molecular weight is 348 g/mol. The maximum Gasteiger partial charge on any atom is 0.355 e. The molecule has 1 aliphatic rings. The van der Waals surface area contributed by atoms with Gasteiger partial charge >= 0.3 is 5.97 Å². The van der Waals surface area contributed by atoms with E-state index in [4.69, 9.17) is 13.9 Å². The minimum Gasteiger partial charge on any atom is -0.463 e. The largest absolute Gasteiger partial charge is 0.463 e. The van der Waals surface area contributed by atoms with E-state index in [-0.39, 0.29) is 12.0 Å². The number of nitrogens with one attached hydrogen (secondary N) is 1. The van der Waals surface area contributed by atoms with Gasteiger partial charge in [-0.05, 0) is 19.3 Å². The van der Waals surface area contributed by atoms with Crippen LogP contribution in [0.2, 0.25) is 0 Å². The number of hydrogen-bond donors (Lipinski definition) is 1. The Labute approximate surface area is 146 Å². The van der Waals surface area contributed by atoms with Crippen LogP contribution in [0.25, 0.3) is 11.1 Å². The van der Waals surface area contributed by atoms with E-state index in [0.717, 1.165) is 31.4 Å². The third-order valence-corrected chi connectivity index (χ3v) is 4.49. The number of carbonyl (C=O) groups is 2. The summed E-state index contributed by atoms with van der Waals surface area (Å²) in [6.45, 7) is 3.14. The Balaban J connectivity index is 1.63. The number of aryl methyl sites for hydroxylation is 1. The van der Waals surface area contributed by atoms with E-state index in [9.17, 15) is 9.59 Å². The van der Waals surface area contributed by atoms with Crippen molar-refractivity contribution >= 4 is 23.0 Å². The molecule has 3 rings (SSSR count). The van der Waals surface area contributed by atoms with Gasteiger partial charge in [0.25, 0.3) is 5.91 Å². The zero-order chi connectivity index (χ0) is 17.8. The molecule has 0 aromatic carbocycles. The molecule has 0 radical (unpaired) electrons. The number of esters is 1. The number of amides is 1. The number of fused-ring (bicyclic) bond motifs is 1. The van der Waals surface area contributed by atoms with Crippen molar-refractivity contribution in [1.29, 1.82) is 0 Å². The van der Waals surface area contributed by atoms with Gasteiger partial charge in [-0.3, -0.25) is 4.79 Å². The highest BCUT2D eigenvalue weighted by atomic mass is 16.5. The first-order chi connectivity index (χ1) is 12.1. The predicted molar refractivity (Wildman–Crippen MR) is 91.3 cm³/mol. The van der Waals surface area contributed by atoms with Crippen molar-refractivity contribution in [1.82, 2.24) is 9.88 Å². The quantitative estimate of drug-likeness (QED) is 0.777. The third kappa shape index (κ3) is 3.87. The van der Waals surface area contributed by atoms with E-state index in [2.05, 4.69) is 5.32 Å². The van der Waals surface area contributed by atoms with Gasteiger partial charge < -0.3 is 23.8 Å². The van der Waals surface area contributed by atoms with Crippen molar-refractivity contribution in [2.45, 2.75) is 44.8 Å². The van der Waals surface area contributed by atoms with Crippen molar-refractivity contribution in [2.24, 2.45) is 7.05 Å². The fraction of sp³-hybridized carbons (Fsp3) is 0.556. The lowest BCUT2D eigenvalue weighted by Crippen LogP contribution is -2.41. The Morgan fingerprint density at radius 2 is 2.32 bits per heavy atom. The number of hydrogen-bond acceptors (Lipinski definition) is 5. The molecule has 2 atom stereocenters. The monoisotopic (exact) mass is 348 g/mol. The fourth-order valence-electron chi connectivity index (χ4n) is 3.07. The molecule has 0 aliphatic carbocycles. The molecule has 136 valence electrons. The van der Waals surface area contributed by atoms with Crippen molar-refractivity contribution in [3.8, 4) is 0 Å². The van der Waals surface area contributed by atoms with Crippen molar-refractivity contribution in [3.63, 3.8) is 0 Å². The lowest BCUT2D eigenvalue weighted by Gasteiger charge is -2.18. The van der Waals surface area contributed by atoms with Gasteiger partial charge in [-0.15, -0.1) is 0 Å². The van der Waals surface area contributed by atoms with Gasteiger partial charge in [-0.1, -0.05) is 13.3 Å². The normalized spacial score (nSPS) is 18.4. The van der Waals surface area contributed by atoms with Gasteiger partial charge in [0.05, 0.1) is 17.9 Å². The van der Waals surface area contributed by atoms with Gasteiger partial charge in [0, 0.05) is 32.3 Å². The summed E-state index contributed by atoms with van der Waals surface area (Å²) in [5.74, 6) is -0.803. The predicted octanol–water partition coefficient (Wildman–Crippen LogP) is 2.39. The summed E-state index contributed by atoms with van der Waals surface area (Å²) in [4.78, 5) is 24.9. The van der Waals surface area contributed by atoms with E-state index in [1.165, 1.54) is 0 Å². The van der Waals surface area contributed by atoms with Gasteiger partial charge in [-0.2, -0.15) is 0 Å². The highest BCUT2D eigenvalue weighted by Gasteiger charge is 2.26. The minimum atomic E-state index is -0.805. The molecule has 2 unspecified atom stereocenters. The number of carbonyl (C=O) groups excluding carboxylic acids is 2. The van der Waals surface area contributed by atoms with Gasteiger partial charge in [0.1, 0.15) is 5.69 Å². The molecule has 1 amide bonds. The number of rotatable bonds is 7. The lowest BCUT2D eigenvalue weighted by atomic mass is 10.2. The molecule has 7 heteroatoms. The Morgan fingerprint density at radius 3 is 3.00 bits per heavy atom. The molecule has 25 heavy (non-hydrogen) atoms. The summed E-state index contributed by atoms with van der Waals surface area (Å²) in [6, 6.07) is 3.41. The van der Waals surface area contributed by atoms with Crippen molar-refractivity contribution in [3.05, 3.63) is 24.1 Å². The first kappa shape index (κ1) is 17.5. The smallest absolute Gasteiger partial charge is 0.355 e. The first-order valence-corrected chi connectivity index (χ1v) is 8.73. The Morgan fingerprint density at radius 1 is 1.48 bits per heavy atom. The van der Waals surface area contributed by atoms with Crippen LogP contribution in [0.15, 0.2) is 22.8 Å². The summed E-state index contributed by atoms with van der Waals surface area (Å²) in [7, 11) is 1.76. The molecule has 2 aromatic rings. The fourth-order valence-corrected chi connectivity index (χ4v) is 3.07. The molecule has 2 aromatic heterocycles. The maximum atomic E-state index is 12.5. The summed E-state index contributed by atoms with van der Waals surface area (Å²) in [5, 5.41) is 2.84. The summed E-state index contributed by atoms with van der Waals surface area (Å²) >= 11 is 0. The highest BCUT2D eigenvalue weighted by Crippen LogP contribution is 2.21. The first-order valence-electron chi connectivity index (χ1n) is 8.73. The van der Waals surface area contributed by atoms with E-state index < -0.39 is 12.1 Å². The molecule has 1 fully saturated rings. The van der Waals surface area contributed by atoms with E-state index >= 15 is 0 Å². The maximum absolute atomic E-state index is 12.5. The van der Waals surface area contributed by atoms with Crippen LogP contribution < -0.4 is 5.32 Å². The van der Waals surface area contributed by atoms with Gasteiger partial charge in [0.2, 0.25) is 0 Å². The molecule has 1 aliphatic heterocycles. The van der Waals surface area contributed by atoms with Crippen LogP contribution >= 0.6 is 0 Å². The second kappa shape index (κ2) is 7.74. The second-order valence-electron chi connectivity index (χ2n) is 6.32. The lowest BCUT2D eigenvalue weighted by molar-refractivity contribution is -0.130. The molecule has 1 saturated heterocycles. The number of aromatic nitrogens is 1. The summed E-state index contributed by atoms with van der Waals surface area (Å²) < 4.78 is 18.0. The van der Waals surface area contributed by atoms with E-state index in [1.807, 2.05) is 6.92 Å². The molecule has 1 N–H and O–H groups in total. The molecule has 3 heterocycles. The number of furan rings is 1. The summed E-state index contributed by atoms with van der Waals surface area (Å²) in [6.07, 6.45) is 3.99. The topological polar surface area (TPSA) is 82.7 Å². The third-order valence-electron chi connectivity index (χ3n) is 4.49.